The number of anilines is 2. The number of sulfonamides is 1. The number of pyridine rings is 1. The van der Waals surface area contributed by atoms with Crippen LogP contribution in [0.2, 0.25) is 5.02 Å². The van der Waals surface area contributed by atoms with Crippen LogP contribution < -0.4 is 14.8 Å². The van der Waals surface area contributed by atoms with Crippen LogP contribution in [0.5, 0.6) is 5.75 Å². The van der Waals surface area contributed by atoms with Crippen LogP contribution in [0.15, 0.2) is 59.8 Å². The highest BCUT2D eigenvalue weighted by Crippen LogP contribution is 2.35. The number of aryl methyl sites for hydroxylation is 1. The van der Waals surface area contributed by atoms with E-state index in [4.69, 9.17) is 21.3 Å². The molecule has 2 heterocycles. The molecule has 0 unspecified atom stereocenters. The van der Waals surface area contributed by atoms with Gasteiger partial charge in [-0.3, -0.25) is 9.71 Å². The van der Waals surface area contributed by atoms with Crippen molar-refractivity contribution in [3.05, 3.63) is 65.4 Å². The summed E-state index contributed by atoms with van der Waals surface area (Å²) in [6.45, 7) is 2.09. The first-order valence-corrected chi connectivity index (χ1v) is 15.6. The quantitative estimate of drug-likeness (QED) is 0.243. The molecule has 0 aliphatic heterocycles. The van der Waals surface area contributed by atoms with Crippen LogP contribution in [0, 0.1) is 0 Å². The number of aromatic nitrogens is 3. The highest BCUT2D eigenvalue weighted by Gasteiger charge is 2.23. The second-order valence-corrected chi connectivity index (χ2v) is 12.6. The smallest absolute Gasteiger partial charge is 0.263 e. The predicted molar refractivity (Wildman–Crippen MR) is 164 cm³/mol. The van der Waals surface area contributed by atoms with Crippen molar-refractivity contribution in [2.75, 3.05) is 31.2 Å². The largest absolute Gasteiger partial charge is 0.494 e. The fourth-order valence-electron chi connectivity index (χ4n) is 5.36. The summed E-state index contributed by atoms with van der Waals surface area (Å²) in [5.41, 5.74) is 3.65. The maximum absolute atomic E-state index is 12.9. The molecule has 4 aromatic rings. The van der Waals surface area contributed by atoms with E-state index in [-0.39, 0.29) is 15.6 Å². The lowest BCUT2D eigenvalue weighted by molar-refractivity contribution is 0.221. The van der Waals surface area contributed by atoms with E-state index >= 15 is 0 Å². The minimum atomic E-state index is -3.91. The Labute approximate surface area is 246 Å². The van der Waals surface area contributed by atoms with Gasteiger partial charge in [0.2, 0.25) is 5.95 Å². The summed E-state index contributed by atoms with van der Waals surface area (Å²) in [6, 6.07) is 12.9. The predicted octanol–water partition coefficient (Wildman–Crippen LogP) is 6.00. The van der Waals surface area contributed by atoms with Gasteiger partial charge in [-0.1, -0.05) is 30.7 Å². The van der Waals surface area contributed by atoms with Crippen LogP contribution in [0.4, 0.5) is 11.6 Å². The number of fused-ring (bicyclic) bond motifs is 1. The molecule has 216 valence electrons. The molecule has 0 saturated heterocycles. The Kier molecular flexibility index (Phi) is 8.63. The summed E-state index contributed by atoms with van der Waals surface area (Å²) in [6.07, 6.45) is 8.61. The van der Waals surface area contributed by atoms with Gasteiger partial charge in [0.15, 0.2) is 0 Å². The van der Waals surface area contributed by atoms with Gasteiger partial charge in [0, 0.05) is 35.3 Å². The van der Waals surface area contributed by atoms with Gasteiger partial charge in [-0.05, 0) is 76.0 Å². The Morgan fingerprint density at radius 2 is 1.80 bits per heavy atom. The van der Waals surface area contributed by atoms with Crippen LogP contribution in [0.3, 0.4) is 0 Å². The molecule has 1 aliphatic carbocycles. The summed E-state index contributed by atoms with van der Waals surface area (Å²) < 4.78 is 34.0. The molecule has 5 rings (SSSR count). The molecule has 0 spiro atoms. The average Bonchev–Trinajstić information content (AvgIpc) is 2.96. The van der Waals surface area contributed by atoms with Gasteiger partial charge in [0.05, 0.1) is 29.5 Å². The van der Waals surface area contributed by atoms with E-state index < -0.39 is 10.0 Å². The molecule has 41 heavy (non-hydrogen) atoms. The molecule has 0 amide bonds. The third kappa shape index (κ3) is 6.39. The van der Waals surface area contributed by atoms with Crippen molar-refractivity contribution in [3.8, 4) is 17.0 Å². The molecule has 11 heteroatoms. The Bertz CT molecular complexity index is 1660. The monoisotopic (exact) mass is 594 g/mol. The first-order valence-electron chi connectivity index (χ1n) is 13.7. The average molecular weight is 595 g/mol. The fourth-order valence-corrected chi connectivity index (χ4v) is 6.91. The van der Waals surface area contributed by atoms with E-state index in [0.717, 1.165) is 54.1 Å². The van der Waals surface area contributed by atoms with E-state index in [2.05, 4.69) is 52.0 Å². The number of hydrogen-bond donors (Lipinski definition) is 2. The van der Waals surface area contributed by atoms with Crippen molar-refractivity contribution in [2.24, 2.45) is 0 Å². The van der Waals surface area contributed by atoms with Crippen molar-refractivity contribution in [2.45, 2.75) is 56.0 Å². The number of rotatable bonds is 9. The Morgan fingerprint density at radius 1 is 1.05 bits per heavy atom. The number of benzene rings is 2. The third-order valence-corrected chi connectivity index (χ3v) is 9.51. The normalized spacial score (nSPS) is 17.5. The second kappa shape index (κ2) is 12.2. The van der Waals surface area contributed by atoms with Crippen molar-refractivity contribution < 1.29 is 13.2 Å². The van der Waals surface area contributed by atoms with Gasteiger partial charge in [0.1, 0.15) is 16.3 Å². The van der Waals surface area contributed by atoms with Crippen LogP contribution in [0.1, 0.15) is 38.2 Å². The Morgan fingerprint density at radius 3 is 2.49 bits per heavy atom. The van der Waals surface area contributed by atoms with Gasteiger partial charge in [-0.15, -0.1) is 0 Å². The maximum Gasteiger partial charge on any atom is 0.263 e. The summed E-state index contributed by atoms with van der Waals surface area (Å²) in [4.78, 5) is 16.4. The zero-order chi connectivity index (χ0) is 29.1. The number of nitrogens with zero attached hydrogens (tertiary/aromatic N) is 4. The minimum Gasteiger partial charge on any atom is -0.494 e. The number of ether oxygens (including phenoxy) is 1. The van der Waals surface area contributed by atoms with Gasteiger partial charge in [0.25, 0.3) is 10.0 Å². The first kappa shape index (κ1) is 29.0. The zero-order valence-corrected chi connectivity index (χ0v) is 25.3. The van der Waals surface area contributed by atoms with Gasteiger partial charge in [-0.25, -0.2) is 18.4 Å². The van der Waals surface area contributed by atoms with Crippen molar-refractivity contribution in [3.63, 3.8) is 0 Å². The van der Waals surface area contributed by atoms with Gasteiger partial charge >= 0.3 is 0 Å². The van der Waals surface area contributed by atoms with E-state index in [1.54, 1.807) is 18.2 Å². The lowest BCUT2D eigenvalue weighted by Crippen LogP contribution is -2.36. The van der Waals surface area contributed by atoms with Gasteiger partial charge < -0.3 is 15.0 Å². The summed E-state index contributed by atoms with van der Waals surface area (Å²) >= 11 is 6.11. The molecule has 2 aromatic carbocycles. The second-order valence-electron chi connectivity index (χ2n) is 10.5. The van der Waals surface area contributed by atoms with E-state index in [1.165, 1.54) is 25.4 Å². The lowest BCUT2D eigenvalue weighted by Gasteiger charge is -2.32. The Balaban J connectivity index is 1.40. The molecule has 0 atom stereocenters. The van der Waals surface area contributed by atoms with Crippen molar-refractivity contribution in [1.29, 1.82) is 0 Å². The summed E-state index contributed by atoms with van der Waals surface area (Å²) in [5.74, 6) is 1.08. The third-order valence-electron chi connectivity index (χ3n) is 7.63. The zero-order valence-electron chi connectivity index (χ0n) is 23.7. The highest BCUT2D eigenvalue weighted by atomic mass is 35.5. The molecule has 1 saturated carbocycles. The summed E-state index contributed by atoms with van der Waals surface area (Å²) in [7, 11) is 1.91. The number of nitrogens with one attached hydrogen (secondary N) is 2. The highest BCUT2D eigenvalue weighted by molar-refractivity contribution is 7.92. The molecule has 1 fully saturated rings. The van der Waals surface area contributed by atoms with E-state index in [9.17, 15) is 8.42 Å². The van der Waals surface area contributed by atoms with Crippen LogP contribution in [0.25, 0.3) is 22.2 Å². The van der Waals surface area contributed by atoms with E-state index in [1.807, 2.05) is 12.3 Å². The number of methoxy groups -OCH3 is 1. The van der Waals surface area contributed by atoms with Crippen LogP contribution in [-0.4, -0.2) is 61.6 Å². The molecule has 9 nitrogen and oxygen atoms in total. The van der Waals surface area contributed by atoms with Gasteiger partial charge in [-0.2, -0.15) is 0 Å². The van der Waals surface area contributed by atoms with Crippen molar-refractivity contribution in [1.82, 2.24) is 19.9 Å². The molecule has 1 aliphatic rings. The molecular formula is C30H35ClN6O3S. The van der Waals surface area contributed by atoms with Crippen LogP contribution in [-0.2, 0) is 16.4 Å². The topological polar surface area (TPSA) is 109 Å². The molecule has 2 N–H and O–H groups in total. The number of hydrogen-bond acceptors (Lipinski definition) is 8. The molecule has 0 bridgehead atoms. The molecular weight excluding hydrogens is 560 g/mol. The SMILES string of the molecule is CCc1cc(-c2ncc(NS(=O)(=O)c3ccccc3Cl)cc2OC)cc2cnc(NC3CCC(N(C)C)CC3)nc12. The summed E-state index contributed by atoms with van der Waals surface area (Å²) in [5, 5.41) is 4.58. The van der Waals surface area contributed by atoms with Crippen LogP contribution >= 0.6 is 11.6 Å². The standard InChI is InChI=1S/C30H35ClN6O3S/c1-5-19-14-20(15-21-17-33-30(35-28(19)21)34-22-10-12-24(13-11-22)37(2)3)29-26(40-4)16-23(18-32-29)36-41(38,39)27-9-7-6-8-25(27)31/h6-9,14-18,22,24,36H,5,10-13H2,1-4H3,(H,33,34,35). The minimum absolute atomic E-state index is 0.0121. The first-order chi connectivity index (χ1) is 19.7. The van der Waals surface area contributed by atoms with Crippen molar-refractivity contribution >= 4 is 44.2 Å². The lowest BCUT2D eigenvalue weighted by atomic mass is 9.90. The molecule has 2 aromatic heterocycles. The van der Waals surface area contributed by atoms with E-state index in [0.29, 0.717) is 29.5 Å². The Hall–Kier alpha value is -3.47. The maximum atomic E-state index is 12.9. The molecule has 0 radical (unpaired) electrons. The fraction of sp³-hybridized carbons (Fsp3) is 0.367. The number of halogens is 1.